The van der Waals surface area contributed by atoms with Crippen molar-refractivity contribution in [1.82, 2.24) is 19.5 Å². The van der Waals surface area contributed by atoms with Gasteiger partial charge in [0.05, 0.1) is 24.0 Å². The van der Waals surface area contributed by atoms with Crippen molar-refractivity contribution in [2.45, 2.75) is 11.7 Å². The zero-order valence-electron chi connectivity index (χ0n) is 11.0. The standard InChI is InChI=1S/C14H12N4O2S/c19-13(20)9-21-14-17-11-7-16-5-3-12(11)18(14)8-10-2-1-4-15-6-10/h1-7H,8-9H2,(H,19,20). The van der Waals surface area contributed by atoms with Gasteiger partial charge >= 0.3 is 5.97 Å². The van der Waals surface area contributed by atoms with E-state index in [9.17, 15) is 4.79 Å². The number of rotatable bonds is 5. The minimum absolute atomic E-state index is 0.0240. The quantitative estimate of drug-likeness (QED) is 0.726. The second-order valence-corrected chi connectivity index (χ2v) is 5.33. The molecular weight excluding hydrogens is 288 g/mol. The Balaban J connectivity index is 2.00. The first-order chi connectivity index (χ1) is 10.2. The number of hydrogen-bond donors (Lipinski definition) is 1. The monoisotopic (exact) mass is 300 g/mol. The molecule has 6 nitrogen and oxygen atoms in total. The number of carboxylic acid groups (broad SMARTS) is 1. The lowest BCUT2D eigenvalue weighted by Crippen LogP contribution is -2.04. The van der Waals surface area contributed by atoms with Crippen LogP contribution in [0.25, 0.3) is 11.0 Å². The average Bonchev–Trinajstić information content (AvgIpc) is 2.84. The fourth-order valence-corrected chi connectivity index (χ4v) is 2.76. The number of pyridine rings is 2. The summed E-state index contributed by atoms with van der Waals surface area (Å²) >= 11 is 1.20. The Kier molecular flexibility index (Phi) is 3.83. The lowest BCUT2D eigenvalue weighted by atomic mass is 10.3. The third-order valence-corrected chi connectivity index (χ3v) is 3.86. The SMILES string of the molecule is O=C(O)CSc1nc2cnccc2n1Cc1cccnc1. The summed E-state index contributed by atoms with van der Waals surface area (Å²) in [6.45, 7) is 0.594. The molecule has 3 aromatic heterocycles. The maximum Gasteiger partial charge on any atom is 0.313 e. The average molecular weight is 300 g/mol. The highest BCUT2D eigenvalue weighted by atomic mass is 32.2. The summed E-state index contributed by atoms with van der Waals surface area (Å²) in [6, 6.07) is 5.73. The van der Waals surface area contributed by atoms with E-state index < -0.39 is 5.97 Å². The molecule has 0 saturated heterocycles. The molecular formula is C14H12N4O2S. The van der Waals surface area contributed by atoms with E-state index in [0.717, 1.165) is 16.6 Å². The van der Waals surface area contributed by atoms with E-state index in [2.05, 4.69) is 15.0 Å². The molecule has 0 spiro atoms. The summed E-state index contributed by atoms with van der Waals surface area (Å²) in [5.41, 5.74) is 2.72. The van der Waals surface area contributed by atoms with Gasteiger partial charge in [-0.05, 0) is 17.7 Å². The molecule has 3 rings (SSSR count). The Morgan fingerprint density at radius 2 is 2.10 bits per heavy atom. The van der Waals surface area contributed by atoms with Crippen molar-refractivity contribution in [3.8, 4) is 0 Å². The van der Waals surface area contributed by atoms with Crippen LogP contribution in [0.3, 0.4) is 0 Å². The van der Waals surface area contributed by atoms with Crippen molar-refractivity contribution in [2.75, 3.05) is 5.75 Å². The molecule has 0 amide bonds. The van der Waals surface area contributed by atoms with Gasteiger partial charge in [0.25, 0.3) is 0 Å². The molecule has 0 aliphatic carbocycles. The van der Waals surface area contributed by atoms with Crippen LogP contribution in [0.5, 0.6) is 0 Å². The summed E-state index contributed by atoms with van der Waals surface area (Å²) in [5, 5.41) is 9.52. The Hall–Kier alpha value is -2.41. The van der Waals surface area contributed by atoms with Crippen LogP contribution in [-0.4, -0.2) is 36.3 Å². The van der Waals surface area contributed by atoms with Crippen LogP contribution in [0, 0.1) is 0 Å². The van der Waals surface area contributed by atoms with E-state index >= 15 is 0 Å². The molecule has 7 heteroatoms. The Bertz CT molecular complexity index is 773. The van der Waals surface area contributed by atoms with Gasteiger partial charge in [-0.15, -0.1) is 0 Å². The second kappa shape index (κ2) is 5.92. The molecule has 21 heavy (non-hydrogen) atoms. The highest BCUT2D eigenvalue weighted by Gasteiger charge is 2.13. The number of nitrogens with zero attached hydrogens (tertiary/aromatic N) is 4. The van der Waals surface area contributed by atoms with Gasteiger partial charge in [-0.1, -0.05) is 17.8 Å². The van der Waals surface area contributed by atoms with Gasteiger partial charge in [0.1, 0.15) is 5.52 Å². The van der Waals surface area contributed by atoms with Gasteiger partial charge in [0.15, 0.2) is 5.16 Å². The predicted octanol–water partition coefficient (Wildman–Crippen LogP) is 2.05. The molecule has 0 aliphatic heterocycles. The summed E-state index contributed by atoms with van der Waals surface area (Å²) in [5.74, 6) is -0.887. The highest BCUT2D eigenvalue weighted by Crippen LogP contribution is 2.24. The topological polar surface area (TPSA) is 80.9 Å². The minimum Gasteiger partial charge on any atom is -0.481 e. The molecule has 0 fully saturated rings. The first-order valence-corrected chi connectivity index (χ1v) is 7.26. The molecule has 0 saturated carbocycles. The normalized spacial score (nSPS) is 10.9. The van der Waals surface area contributed by atoms with Gasteiger partial charge in [0.2, 0.25) is 0 Å². The molecule has 0 aromatic carbocycles. The Morgan fingerprint density at radius 3 is 2.86 bits per heavy atom. The molecule has 106 valence electrons. The number of fused-ring (bicyclic) bond motifs is 1. The van der Waals surface area contributed by atoms with Gasteiger partial charge in [-0.2, -0.15) is 0 Å². The summed E-state index contributed by atoms with van der Waals surface area (Å²) in [4.78, 5) is 23.4. The maximum absolute atomic E-state index is 10.8. The lowest BCUT2D eigenvalue weighted by molar-refractivity contribution is -0.133. The molecule has 0 unspecified atom stereocenters. The molecule has 1 N–H and O–H groups in total. The Morgan fingerprint density at radius 1 is 1.24 bits per heavy atom. The van der Waals surface area contributed by atoms with E-state index in [1.807, 2.05) is 22.8 Å². The zero-order valence-corrected chi connectivity index (χ0v) is 11.8. The van der Waals surface area contributed by atoms with Crippen LogP contribution in [0.2, 0.25) is 0 Å². The molecule has 3 aromatic rings. The fraction of sp³-hybridized carbons (Fsp3) is 0.143. The van der Waals surface area contributed by atoms with E-state index in [1.54, 1.807) is 24.8 Å². The van der Waals surface area contributed by atoms with Crippen molar-refractivity contribution in [3.63, 3.8) is 0 Å². The van der Waals surface area contributed by atoms with Crippen LogP contribution >= 0.6 is 11.8 Å². The summed E-state index contributed by atoms with van der Waals surface area (Å²) in [7, 11) is 0. The number of aromatic nitrogens is 4. The number of carbonyl (C=O) groups is 1. The van der Waals surface area contributed by atoms with Crippen molar-refractivity contribution in [1.29, 1.82) is 0 Å². The van der Waals surface area contributed by atoms with Crippen molar-refractivity contribution in [3.05, 3.63) is 48.5 Å². The van der Waals surface area contributed by atoms with Gasteiger partial charge in [0, 0.05) is 18.6 Å². The van der Waals surface area contributed by atoms with Crippen molar-refractivity contribution < 1.29 is 9.90 Å². The van der Waals surface area contributed by atoms with Gasteiger partial charge < -0.3 is 9.67 Å². The van der Waals surface area contributed by atoms with Gasteiger partial charge in [-0.25, -0.2) is 4.98 Å². The molecule has 0 bridgehead atoms. The van der Waals surface area contributed by atoms with E-state index in [1.165, 1.54) is 11.8 Å². The Labute approximate surface area is 124 Å². The van der Waals surface area contributed by atoms with E-state index in [4.69, 9.17) is 5.11 Å². The smallest absolute Gasteiger partial charge is 0.313 e. The molecule has 0 atom stereocenters. The zero-order chi connectivity index (χ0) is 14.7. The van der Waals surface area contributed by atoms with Crippen LogP contribution in [0.1, 0.15) is 5.56 Å². The van der Waals surface area contributed by atoms with Crippen LogP contribution in [0.15, 0.2) is 48.1 Å². The largest absolute Gasteiger partial charge is 0.481 e. The fourth-order valence-electron chi connectivity index (χ4n) is 2.02. The number of imidazole rings is 1. The summed E-state index contributed by atoms with van der Waals surface area (Å²) in [6.07, 6.45) is 6.90. The minimum atomic E-state index is -0.863. The molecule has 3 heterocycles. The van der Waals surface area contributed by atoms with Gasteiger partial charge in [-0.3, -0.25) is 14.8 Å². The third-order valence-electron chi connectivity index (χ3n) is 2.90. The van der Waals surface area contributed by atoms with Crippen LogP contribution < -0.4 is 0 Å². The predicted molar refractivity (Wildman–Crippen MR) is 79.2 cm³/mol. The van der Waals surface area contributed by atoms with Crippen LogP contribution in [-0.2, 0) is 11.3 Å². The maximum atomic E-state index is 10.8. The number of thioether (sulfide) groups is 1. The first kappa shape index (κ1) is 13.6. The summed E-state index contributed by atoms with van der Waals surface area (Å²) < 4.78 is 1.99. The number of carboxylic acids is 1. The first-order valence-electron chi connectivity index (χ1n) is 6.28. The lowest BCUT2D eigenvalue weighted by Gasteiger charge is -2.07. The van der Waals surface area contributed by atoms with E-state index in [-0.39, 0.29) is 5.75 Å². The molecule has 0 aliphatic rings. The third kappa shape index (κ3) is 3.03. The van der Waals surface area contributed by atoms with E-state index in [0.29, 0.717) is 11.7 Å². The number of hydrogen-bond acceptors (Lipinski definition) is 5. The highest BCUT2D eigenvalue weighted by molar-refractivity contribution is 7.99. The van der Waals surface area contributed by atoms with Crippen LogP contribution in [0.4, 0.5) is 0 Å². The number of aliphatic carboxylic acids is 1. The van der Waals surface area contributed by atoms with Crippen molar-refractivity contribution in [2.24, 2.45) is 0 Å². The van der Waals surface area contributed by atoms with Crippen molar-refractivity contribution >= 4 is 28.8 Å². The second-order valence-electron chi connectivity index (χ2n) is 4.39. The molecule has 0 radical (unpaired) electrons.